The molecule has 0 N–H and O–H groups in total. The zero-order valence-electron chi connectivity index (χ0n) is 9.98. The molecular weight excluding hydrogens is 204 g/mol. The lowest BCUT2D eigenvalue weighted by atomic mass is 10.0. The Hall–Kier alpha value is -0.794. The van der Waals surface area contributed by atoms with Crippen molar-refractivity contribution in [2.45, 2.75) is 17.4 Å². The van der Waals surface area contributed by atoms with Crippen LogP contribution < -0.4 is 3.69 Å². The second-order valence-electron chi connectivity index (χ2n) is 4.91. The van der Waals surface area contributed by atoms with Crippen molar-refractivity contribution in [2.75, 3.05) is 0 Å². The van der Waals surface area contributed by atoms with Crippen LogP contribution in [0.5, 0.6) is 0 Å². The molecule has 0 unspecified atom stereocenters. The van der Waals surface area contributed by atoms with E-state index in [1.165, 1.54) is 9.26 Å². The van der Waals surface area contributed by atoms with Crippen molar-refractivity contribution in [3.63, 3.8) is 0 Å². The molecule has 78 valence electrons. The van der Waals surface area contributed by atoms with E-state index in [0.717, 1.165) is 0 Å². The van der Waals surface area contributed by atoms with Crippen molar-refractivity contribution in [3.8, 4) is 0 Å². The molecule has 0 spiro atoms. The summed E-state index contributed by atoms with van der Waals surface area (Å²) < 4.78 is 1.87. The Morgan fingerprint density at radius 1 is 0.750 bits per heavy atom. The van der Waals surface area contributed by atoms with E-state index in [1.807, 2.05) is 0 Å². The van der Waals surface area contributed by atoms with Gasteiger partial charge in [0.05, 0.1) is 0 Å². The van der Waals surface area contributed by atoms with Crippen molar-refractivity contribution in [1.82, 2.24) is 0 Å². The van der Waals surface area contributed by atoms with Gasteiger partial charge in [-0.05, 0) is 0 Å². The molecule has 0 bridgehead atoms. The van der Waals surface area contributed by atoms with Crippen LogP contribution in [0, 0.1) is 0 Å². The normalized spacial score (nSPS) is 10.9. The molecule has 1 heteroatoms. The van der Waals surface area contributed by atoms with Crippen LogP contribution in [0.15, 0.2) is 60.7 Å². The van der Waals surface area contributed by atoms with Crippen molar-refractivity contribution in [1.29, 1.82) is 0 Å². The van der Waals surface area contributed by atoms with Crippen molar-refractivity contribution in [3.05, 3.63) is 66.2 Å². The lowest BCUT2D eigenvalue weighted by molar-refractivity contribution is 0.756. The summed E-state index contributed by atoms with van der Waals surface area (Å²) in [5, 5.41) is 0. The third kappa shape index (κ3) is 2.87. The zero-order chi connectivity index (χ0) is 11.4. The van der Waals surface area contributed by atoms with Gasteiger partial charge in [-0.1, -0.05) is 83.6 Å². The van der Waals surface area contributed by atoms with E-state index >= 15 is 0 Å². The molecule has 0 aliphatic carbocycles. The summed E-state index contributed by atoms with van der Waals surface area (Å²) in [6.45, 7) is 4.73. The van der Waals surface area contributed by atoms with Crippen molar-refractivity contribution < 1.29 is 0 Å². The van der Waals surface area contributed by atoms with Crippen LogP contribution in [0.4, 0.5) is 0 Å². The van der Waals surface area contributed by atoms with Crippen molar-refractivity contribution >= 4 is 24.1 Å². The molecule has 2 rings (SSSR count). The summed E-state index contributed by atoms with van der Waals surface area (Å²) in [5.41, 5.74) is 1.46. The molecule has 0 saturated heterocycles. The molecule has 0 amide bonds. The Morgan fingerprint density at radius 3 is 1.81 bits per heavy atom. The van der Waals surface area contributed by atoms with Gasteiger partial charge >= 0.3 is 20.4 Å². The summed E-state index contributed by atoms with van der Waals surface area (Å²) in [6, 6.07) is 21.7. The summed E-state index contributed by atoms with van der Waals surface area (Å²) in [4.78, 5) is 0. The minimum atomic E-state index is -0.282. The second kappa shape index (κ2) is 5.02. The highest BCUT2D eigenvalue weighted by atomic mass is 24.5. The first-order valence-corrected chi connectivity index (χ1v) is 7.19. The lowest BCUT2D eigenvalue weighted by Crippen LogP contribution is -2.34. The van der Waals surface area contributed by atoms with Crippen LogP contribution in [0.1, 0.15) is 19.4 Å². The molecule has 16 heavy (non-hydrogen) atoms. The molecule has 0 aliphatic rings. The quantitative estimate of drug-likeness (QED) is 0.698. The predicted molar refractivity (Wildman–Crippen MR) is 71.3 cm³/mol. The topological polar surface area (TPSA) is 0 Å². The van der Waals surface area contributed by atoms with E-state index in [-0.39, 0.29) is 20.4 Å². The van der Waals surface area contributed by atoms with E-state index in [0.29, 0.717) is 3.54 Å². The van der Waals surface area contributed by atoms with Crippen LogP contribution in [0.2, 0.25) is 0 Å². The fourth-order valence-corrected chi connectivity index (χ4v) is 4.07. The molecule has 0 aliphatic heterocycles. The Morgan fingerprint density at radius 2 is 1.25 bits per heavy atom. The Bertz CT molecular complexity index is 432. The largest absolute Gasteiger partial charge is 0.423 e. The molecule has 0 radical (unpaired) electrons. The third-order valence-corrected chi connectivity index (χ3v) is 5.22. The Labute approximate surface area is 107 Å². The van der Waals surface area contributed by atoms with Crippen LogP contribution in [-0.4, -0.2) is 20.4 Å². The van der Waals surface area contributed by atoms with E-state index in [2.05, 4.69) is 74.5 Å². The lowest BCUT2D eigenvalue weighted by Gasteiger charge is -2.25. The molecule has 0 nitrogen and oxygen atoms in total. The van der Waals surface area contributed by atoms with Gasteiger partial charge in [-0.3, -0.25) is 0 Å². The molecule has 0 atom stereocenters. The second-order valence-corrected chi connectivity index (χ2v) is 7.85. The first-order chi connectivity index (χ1) is 7.68. The Balaban J connectivity index is 2.21. The number of hydrogen-bond donors (Lipinski definition) is 0. The number of benzene rings is 2. The standard InChI is InChI=1S/C9H11.C6H5.Mg/c1-8(2)9-6-4-3-5-7-9;1-2-4-6-5-3-1;/h3-7H,1-2H3;1-5H;. The molecule has 0 aromatic heterocycles. The van der Waals surface area contributed by atoms with Gasteiger partial charge in [0.25, 0.3) is 0 Å². The molecule has 0 saturated carbocycles. The van der Waals surface area contributed by atoms with Crippen LogP contribution in [-0.2, 0) is 3.54 Å². The van der Waals surface area contributed by atoms with Crippen LogP contribution in [0.3, 0.4) is 0 Å². The highest BCUT2D eigenvalue weighted by Crippen LogP contribution is 2.20. The van der Waals surface area contributed by atoms with Gasteiger partial charge in [0.15, 0.2) is 0 Å². The number of rotatable bonds is 3. The van der Waals surface area contributed by atoms with Gasteiger partial charge in [-0.15, -0.1) is 0 Å². The summed E-state index contributed by atoms with van der Waals surface area (Å²) in [5.74, 6) is 0. The summed E-state index contributed by atoms with van der Waals surface area (Å²) in [6.07, 6.45) is 0. The maximum Gasteiger partial charge on any atom is 0.423 e. The minimum Gasteiger partial charge on any atom is -0.172 e. The Kier molecular flexibility index (Phi) is 3.67. The van der Waals surface area contributed by atoms with Crippen molar-refractivity contribution in [2.24, 2.45) is 0 Å². The van der Waals surface area contributed by atoms with E-state index in [1.54, 1.807) is 0 Å². The summed E-state index contributed by atoms with van der Waals surface area (Å²) >= 11 is -0.282. The third-order valence-electron chi connectivity index (χ3n) is 3.04. The van der Waals surface area contributed by atoms with Gasteiger partial charge in [0.2, 0.25) is 0 Å². The minimum absolute atomic E-state index is 0.282. The first-order valence-electron chi connectivity index (χ1n) is 5.78. The zero-order valence-corrected chi connectivity index (χ0v) is 11.4. The SMILES string of the molecule is C[C](C)([Mg][c]1ccccc1)c1ccccc1. The van der Waals surface area contributed by atoms with E-state index in [9.17, 15) is 0 Å². The fraction of sp³-hybridized carbons (Fsp3) is 0.200. The highest BCUT2D eigenvalue weighted by Gasteiger charge is 2.23. The van der Waals surface area contributed by atoms with E-state index < -0.39 is 0 Å². The first kappa shape index (κ1) is 11.7. The average Bonchev–Trinajstić information content (AvgIpc) is 2.31. The van der Waals surface area contributed by atoms with Gasteiger partial charge in [0.1, 0.15) is 0 Å². The molecule has 2 aromatic rings. The average molecular weight is 221 g/mol. The van der Waals surface area contributed by atoms with Crippen LogP contribution >= 0.6 is 0 Å². The highest BCUT2D eigenvalue weighted by molar-refractivity contribution is 6.56. The number of hydrogen-bond acceptors (Lipinski definition) is 0. The molecule has 2 aromatic carbocycles. The van der Waals surface area contributed by atoms with Gasteiger partial charge in [-0.2, -0.15) is 3.69 Å². The monoisotopic (exact) mass is 220 g/mol. The van der Waals surface area contributed by atoms with Gasteiger partial charge in [-0.25, -0.2) is 0 Å². The smallest absolute Gasteiger partial charge is 0.172 e. The molecule has 0 fully saturated rings. The maximum absolute atomic E-state index is 2.36. The molecule has 0 heterocycles. The van der Waals surface area contributed by atoms with E-state index in [4.69, 9.17) is 0 Å². The maximum atomic E-state index is 2.36. The van der Waals surface area contributed by atoms with Crippen LogP contribution in [0.25, 0.3) is 0 Å². The summed E-state index contributed by atoms with van der Waals surface area (Å²) in [7, 11) is 0. The van der Waals surface area contributed by atoms with Gasteiger partial charge in [0, 0.05) is 0 Å². The fourth-order valence-electron chi connectivity index (χ4n) is 2.10. The molecular formula is C15H16Mg. The van der Waals surface area contributed by atoms with Gasteiger partial charge < -0.3 is 0 Å². The predicted octanol–water partition coefficient (Wildman–Crippen LogP) is 2.95.